The summed E-state index contributed by atoms with van der Waals surface area (Å²) in [4.78, 5) is 19.1. The Bertz CT molecular complexity index is 956. The van der Waals surface area contributed by atoms with E-state index < -0.39 is 0 Å². The molecule has 6 heteroatoms. The highest BCUT2D eigenvalue weighted by Gasteiger charge is 2.13. The molecule has 0 aliphatic heterocycles. The Kier molecular flexibility index (Phi) is 3.97. The summed E-state index contributed by atoms with van der Waals surface area (Å²) in [7, 11) is 0. The Labute approximate surface area is 140 Å². The molecule has 0 unspecified atom stereocenters. The standard InChI is InChI=1S/C16H14BrN3OS/c1-9-10(2)22-15-14(9)16(21)20(11(3)19-15)18-8-12-5-4-6-13(17)7-12/h4-8H,1-3H3. The largest absolute Gasteiger partial charge is 0.283 e. The van der Waals surface area contributed by atoms with Crippen molar-refractivity contribution in [1.29, 1.82) is 0 Å². The first-order valence-electron chi connectivity index (χ1n) is 6.76. The summed E-state index contributed by atoms with van der Waals surface area (Å²) < 4.78 is 2.33. The van der Waals surface area contributed by atoms with Crippen LogP contribution in [0.3, 0.4) is 0 Å². The van der Waals surface area contributed by atoms with Crippen LogP contribution in [0.5, 0.6) is 0 Å². The second-order valence-corrected chi connectivity index (χ2v) is 7.16. The van der Waals surface area contributed by atoms with Crippen molar-refractivity contribution in [3.63, 3.8) is 0 Å². The van der Waals surface area contributed by atoms with Gasteiger partial charge in [-0.2, -0.15) is 9.78 Å². The number of fused-ring (bicyclic) bond motifs is 1. The zero-order chi connectivity index (χ0) is 15.9. The van der Waals surface area contributed by atoms with E-state index in [0.29, 0.717) is 11.2 Å². The number of rotatable bonds is 2. The molecule has 0 amide bonds. The van der Waals surface area contributed by atoms with Crippen LogP contribution in [0.4, 0.5) is 0 Å². The highest BCUT2D eigenvalue weighted by atomic mass is 79.9. The van der Waals surface area contributed by atoms with Crippen LogP contribution in [0.1, 0.15) is 21.8 Å². The molecule has 0 saturated carbocycles. The van der Waals surface area contributed by atoms with Crippen molar-refractivity contribution in [2.75, 3.05) is 0 Å². The van der Waals surface area contributed by atoms with E-state index in [1.165, 1.54) is 4.68 Å². The molecule has 3 rings (SSSR count). The van der Waals surface area contributed by atoms with Crippen molar-refractivity contribution in [3.8, 4) is 0 Å². The number of aryl methyl sites for hydroxylation is 3. The lowest BCUT2D eigenvalue weighted by Crippen LogP contribution is -2.20. The van der Waals surface area contributed by atoms with Gasteiger partial charge in [0.2, 0.25) is 0 Å². The Morgan fingerprint density at radius 1 is 1.32 bits per heavy atom. The van der Waals surface area contributed by atoms with Crippen molar-refractivity contribution >= 4 is 43.7 Å². The monoisotopic (exact) mass is 375 g/mol. The fraction of sp³-hybridized carbons (Fsp3) is 0.188. The molecule has 1 aromatic carbocycles. The van der Waals surface area contributed by atoms with E-state index >= 15 is 0 Å². The number of aromatic nitrogens is 2. The third-order valence-corrected chi connectivity index (χ3v) is 5.11. The quantitative estimate of drug-likeness (QED) is 0.634. The van der Waals surface area contributed by atoms with Gasteiger partial charge in [-0.25, -0.2) is 4.98 Å². The van der Waals surface area contributed by atoms with Crippen LogP contribution in [0.2, 0.25) is 0 Å². The van der Waals surface area contributed by atoms with Gasteiger partial charge in [-0.3, -0.25) is 4.79 Å². The molecule has 4 nitrogen and oxygen atoms in total. The van der Waals surface area contributed by atoms with Crippen LogP contribution in [-0.4, -0.2) is 15.9 Å². The molecule has 22 heavy (non-hydrogen) atoms. The van der Waals surface area contributed by atoms with E-state index in [-0.39, 0.29) is 5.56 Å². The van der Waals surface area contributed by atoms with E-state index in [1.807, 2.05) is 38.1 Å². The van der Waals surface area contributed by atoms with Gasteiger partial charge in [0.15, 0.2) is 0 Å². The number of nitrogens with zero attached hydrogens (tertiary/aromatic N) is 3. The van der Waals surface area contributed by atoms with Crippen molar-refractivity contribution in [3.05, 3.63) is 60.9 Å². The molecule has 0 bridgehead atoms. The summed E-state index contributed by atoms with van der Waals surface area (Å²) in [6.45, 7) is 5.75. The first-order valence-corrected chi connectivity index (χ1v) is 8.37. The summed E-state index contributed by atoms with van der Waals surface area (Å²) in [5.74, 6) is 0.588. The number of hydrogen-bond donors (Lipinski definition) is 0. The van der Waals surface area contributed by atoms with Crippen LogP contribution in [-0.2, 0) is 0 Å². The maximum Gasteiger partial charge on any atom is 0.283 e. The molecule has 2 heterocycles. The minimum absolute atomic E-state index is 0.115. The number of halogens is 1. The minimum Gasteiger partial charge on any atom is -0.267 e. The van der Waals surface area contributed by atoms with Gasteiger partial charge < -0.3 is 0 Å². The number of thiophene rings is 1. The van der Waals surface area contributed by atoms with E-state index in [9.17, 15) is 4.79 Å². The van der Waals surface area contributed by atoms with Gasteiger partial charge in [-0.05, 0) is 44.0 Å². The zero-order valence-corrected chi connectivity index (χ0v) is 14.8. The molecule has 0 radical (unpaired) electrons. The average molecular weight is 376 g/mol. The van der Waals surface area contributed by atoms with E-state index in [1.54, 1.807) is 24.5 Å². The molecular weight excluding hydrogens is 362 g/mol. The number of hydrogen-bond acceptors (Lipinski definition) is 4. The summed E-state index contributed by atoms with van der Waals surface area (Å²) in [5.41, 5.74) is 1.79. The molecule has 2 aromatic heterocycles. The third kappa shape index (κ3) is 2.64. The number of benzene rings is 1. The molecular formula is C16H14BrN3OS. The van der Waals surface area contributed by atoms with Gasteiger partial charge in [-0.1, -0.05) is 28.1 Å². The molecule has 0 saturated heterocycles. The van der Waals surface area contributed by atoms with Crippen molar-refractivity contribution in [2.24, 2.45) is 5.10 Å². The molecule has 0 N–H and O–H groups in total. The van der Waals surface area contributed by atoms with Gasteiger partial charge in [0.1, 0.15) is 10.7 Å². The van der Waals surface area contributed by atoms with Crippen molar-refractivity contribution in [1.82, 2.24) is 9.66 Å². The zero-order valence-electron chi connectivity index (χ0n) is 12.4. The molecule has 0 aliphatic carbocycles. The topological polar surface area (TPSA) is 47.2 Å². The molecule has 0 fully saturated rings. The summed E-state index contributed by atoms with van der Waals surface area (Å²) >= 11 is 4.97. The smallest absolute Gasteiger partial charge is 0.267 e. The lowest BCUT2D eigenvalue weighted by molar-refractivity contribution is 0.772. The van der Waals surface area contributed by atoms with Crippen molar-refractivity contribution in [2.45, 2.75) is 20.8 Å². The lowest BCUT2D eigenvalue weighted by atomic mass is 10.2. The SMILES string of the molecule is Cc1sc2nc(C)n(N=Cc3cccc(Br)c3)c(=O)c2c1C. The molecule has 0 spiro atoms. The van der Waals surface area contributed by atoms with Gasteiger partial charge in [-0.15, -0.1) is 11.3 Å². The predicted molar refractivity (Wildman–Crippen MR) is 95.2 cm³/mol. The maximum absolute atomic E-state index is 12.7. The fourth-order valence-electron chi connectivity index (χ4n) is 2.23. The van der Waals surface area contributed by atoms with Crippen LogP contribution >= 0.6 is 27.3 Å². The predicted octanol–water partition coefficient (Wildman–Crippen LogP) is 4.03. The lowest BCUT2D eigenvalue weighted by Gasteiger charge is -2.03. The van der Waals surface area contributed by atoms with Gasteiger partial charge in [0.05, 0.1) is 11.6 Å². The van der Waals surface area contributed by atoms with Crippen LogP contribution < -0.4 is 5.56 Å². The maximum atomic E-state index is 12.7. The Hall–Kier alpha value is -1.79. The van der Waals surface area contributed by atoms with Crippen LogP contribution in [0.25, 0.3) is 10.2 Å². The first kappa shape index (κ1) is 15.1. The Morgan fingerprint density at radius 3 is 2.82 bits per heavy atom. The van der Waals surface area contributed by atoms with Gasteiger partial charge in [0, 0.05) is 9.35 Å². The molecule has 0 atom stereocenters. The van der Waals surface area contributed by atoms with Crippen LogP contribution in [0, 0.1) is 20.8 Å². The van der Waals surface area contributed by atoms with Gasteiger partial charge >= 0.3 is 0 Å². The first-order chi connectivity index (χ1) is 10.5. The normalized spacial score (nSPS) is 11.6. The second-order valence-electron chi connectivity index (χ2n) is 5.04. The molecule has 112 valence electrons. The van der Waals surface area contributed by atoms with E-state index in [4.69, 9.17) is 0 Å². The van der Waals surface area contributed by atoms with Gasteiger partial charge in [0.25, 0.3) is 5.56 Å². The van der Waals surface area contributed by atoms with E-state index in [0.717, 1.165) is 25.3 Å². The highest BCUT2D eigenvalue weighted by Crippen LogP contribution is 2.26. The molecule has 0 aliphatic rings. The van der Waals surface area contributed by atoms with Crippen molar-refractivity contribution < 1.29 is 0 Å². The highest BCUT2D eigenvalue weighted by molar-refractivity contribution is 9.10. The van der Waals surface area contributed by atoms with Crippen LogP contribution in [0.15, 0.2) is 38.6 Å². The third-order valence-electron chi connectivity index (χ3n) is 3.51. The second kappa shape index (κ2) is 5.78. The summed E-state index contributed by atoms with van der Waals surface area (Å²) in [5, 5.41) is 4.98. The minimum atomic E-state index is -0.115. The Morgan fingerprint density at radius 2 is 2.09 bits per heavy atom. The average Bonchev–Trinajstić information content (AvgIpc) is 2.73. The summed E-state index contributed by atoms with van der Waals surface area (Å²) in [6, 6.07) is 7.74. The molecule has 3 aromatic rings. The summed E-state index contributed by atoms with van der Waals surface area (Å²) in [6.07, 6.45) is 1.67. The van der Waals surface area contributed by atoms with E-state index in [2.05, 4.69) is 26.0 Å². The Balaban J connectivity index is 2.15. The fourth-order valence-corrected chi connectivity index (χ4v) is 3.72.